The highest BCUT2D eigenvalue weighted by Gasteiger charge is 2.35. The molecule has 5 rings (SSSR count). The lowest BCUT2D eigenvalue weighted by Crippen LogP contribution is -2.40. The van der Waals surface area contributed by atoms with Crippen LogP contribution in [0, 0.1) is 5.92 Å². The van der Waals surface area contributed by atoms with Crippen LogP contribution in [0.3, 0.4) is 0 Å². The third-order valence-corrected chi connectivity index (χ3v) is 4.72. The van der Waals surface area contributed by atoms with Crippen LogP contribution in [0.5, 0.6) is 0 Å². The van der Waals surface area contributed by atoms with Gasteiger partial charge >= 0.3 is 10.4 Å². The Bertz CT molecular complexity index is 937. The second-order valence-electron chi connectivity index (χ2n) is 6.25. The quantitative estimate of drug-likeness (QED) is 0.489. The predicted molar refractivity (Wildman–Crippen MR) is 93.9 cm³/mol. The minimum Gasteiger partial charge on any atom is -0.352 e. The summed E-state index contributed by atoms with van der Waals surface area (Å²) in [7, 11) is -4.67. The summed E-state index contributed by atoms with van der Waals surface area (Å²) in [5.74, 6) is 0.354. The summed E-state index contributed by atoms with van der Waals surface area (Å²) in [6, 6.07) is 8.24. The summed E-state index contributed by atoms with van der Waals surface area (Å²) in [5, 5.41) is 1.20. The molecule has 1 saturated heterocycles. The zero-order valence-electron chi connectivity index (χ0n) is 13.8. The highest BCUT2D eigenvalue weighted by Crippen LogP contribution is 2.35. The molecule has 1 unspecified atom stereocenters. The molecule has 0 radical (unpaired) electrons. The van der Waals surface area contributed by atoms with Gasteiger partial charge in [-0.3, -0.25) is 18.8 Å². The van der Waals surface area contributed by atoms with Gasteiger partial charge in [0.2, 0.25) is 0 Å². The van der Waals surface area contributed by atoms with Crippen molar-refractivity contribution >= 4 is 27.1 Å². The number of rotatable bonds is 0. The average Bonchev–Trinajstić information content (AvgIpc) is 2.89. The molecular formula is C17H20N2O5S. The van der Waals surface area contributed by atoms with Gasteiger partial charge in [0, 0.05) is 35.5 Å². The summed E-state index contributed by atoms with van der Waals surface area (Å²) in [6.07, 6.45) is 3.08. The van der Waals surface area contributed by atoms with E-state index in [4.69, 9.17) is 17.5 Å². The maximum Gasteiger partial charge on any atom is 0.394 e. The molecule has 2 bridgehead atoms. The van der Waals surface area contributed by atoms with Crippen molar-refractivity contribution in [3.05, 3.63) is 47.2 Å². The number of allylic oxidation sites excluding steroid dienone is 1. The van der Waals surface area contributed by atoms with E-state index in [1.807, 2.05) is 19.1 Å². The number of fused-ring (bicyclic) bond motifs is 3. The van der Waals surface area contributed by atoms with Gasteiger partial charge in [-0.05, 0) is 31.5 Å². The van der Waals surface area contributed by atoms with E-state index in [9.17, 15) is 4.79 Å². The van der Waals surface area contributed by atoms with Crippen LogP contribution in [-0.2, 0) is 16.9 Å². The number of nitrogens with one attached hydrogen (secondary N) is 1. The second-order valence-corrected chi connectivity index (χ2v) is 7.15. The lowest BCUT2D eigenvalue weighted by molar-refractivity contribution is 0.0875. The fourth-order valence-corrected chi connectivity index (χ4v) is 3.64. The number of aromatic amines is 1. The number of benzene rings is 1. The smallest absolute Gasteiger partial charge is 0.352 e. The van der Waals surface area contributed by atoms with Gasteiger partial charge in [-0.1, -0.05) is 24.3 Å². The van der Waals surface area contributed by atoms with Gasteiger partial charge < -0.3 is 4.98 Å². The van der Waals surface area contributed by atoms with Crippen molar-refractivity contribution in [1.29, 1.82) is 0 Å². The Kier molecular flexibility index (Phi) is 4.79. The van der Waals surface area contributed by atoms with Gasteiger partial charge in [0.1, 0.15) is 0 Å². The van der Waals surface area contributed by atoms with Gasteiger partial charge in [-0.2, -0.15) is 8.42 Å². The summed E-state index contributed by atoms with van der Waals surface area (Å²) < 4.78 is 31.6. The minimum absolute atomic E-state index is 0.0726. The number of hydrogen-bond acceptors (Lipinski definition) is 4. The molecule has 1 aromatic carbocycles. The molecule has 25 heavy (non-hydrogen) atoms. The normalized spacial score (nSPS) is 24.4. The molecular weight excluding hydrogens is 344 g/mol. The van der Waals surface area contributed by atoms with Crippen molar-refractivity contribution in [1.82, 2.24) is 9.88 Å². The Morgan fingerprint density at radius 3 is 2.60 bits per heavy atom. The number of carbonyl (C=O) groups excluding carboxylic acids is 1. The number of aromatic nitrogens is 1. The molecule has 1 fully saturated rings. The molecule has 2 aromatic rings. The fraction of sp³-hybridized carbons (Fsp3) is 0.353. The molecule has 2 atom stereocenters. The number of ketones is 1. The van der Waals surface area contributed by atoms with Crippen LogP contribution in [0.1, 0.15) is 29.4 Å². The molecule has 3 aliphatic heterocycles. The first-order valence-electron chi connectivity index (χ1n) is 7.99. The molecule has 3 N–H and O–H groups in total. The lowest BCUT2D eigenvalue weighted by Gasteiger charge is -2.36. The highest BCUT2D eigenvalue weighted by atomic mass is 32.3. The van der Waals surface area contributed by atoms with Crippen molar-refractivity contribution in [2.24, 2.45) is 5.92 Å². The molecule has 0 amide bonds. The average molecular weight is 364 g/mol. The molecule has 0 saturated carbocycles. The van der Waals surface area contributed by atoms with Gasteiger partial charge in [0.25, 0.3) is 0 Å². The fourth-order valence-electron chi connectivity index (χ4n) is 3.64. The SMILES string of the molecule is C/C=C1/CN2CC[C@H]1C(=O)c1[nH]c3ccccc3c1C2.O=S(=O)(O)O. The van der Waals surface area contributed by atoms with Gasteiger partial charge in [-0.15, -0.1) is 0 Å². The van der Waals surface area contributed by atoms with Crippen molar-refractivity contribution in [2.45, 2.75) is 19.9 Å². The van der Waals surface area contributed by atoms with Gasteiger partial charge in [0.05, 0.1) is 5.69 Å². The van der Waals surface area contributed by atoms with E-state index in [0.717, 1.165) is 37.3 Å². The van der Waals surface area contributed by atoms with Crippen molar-refractivity contribution < 1.29 is 22.3 Å². The Labute approximate surface area is 145 Å². The number of Topliss-reactive ketones (excluding diaryl/α,β-unsaturated/α-hetero) is 1. The van der Waals surface area contributed by atoms with Crippen LogP contribution in [0.25, 0.3) is 10.9 Å². The molecule has 7 nitrogen and oxygen atoms in total. The van der Waals surface area contributed by atoms with E-state index in [1.54, 1.807) is 0 Å². The standard InChI is InChI=1S/C17H18N2O.H2O4S/c1-2-11-9-19-8-7-12(11)17(20)16-14(10-19)13-5-3-4-6-15(13)18-16;1-5(2,3)4/h2-6,12,18H,7-10H2,1H3;(H2,1,2,3,4)/b11-2-;/t12-;/m1./s1. The summed E-state index contributed by atoms with van der Waals surface area (Å²) in [6.45, 7) is 4.88. The molecule has 0 spiro atoms. The minimum atomic E-state index is -4.67. The lowest BCUT2D eigenvalue weighted by atomic mass is 9.83. The van der Waals surface area contributed by atoms with Gasteiger partial charge in [0.15, 0.2) is 5.78 Å². The van der Waals surface area contributed by atoms with E-state index in [1.165, 1.54) is 16.5 Å². The first-order chi connectivity index (χ1) is 11.8. The third kappa shape index (κ3) is 3.82. The number of para-hydroxylation sites is 1. The Morgan fingerprint density at radius 2 is 1.92 bits per heavy atom. The molecule has 8 heteroatoms. The summed E-state index contributed by atoms with van der Waals surface area (Å²) in [5.41, 5.74) is 4.38. The number of nitrogens with zero attached hydrogens (tertiary/aromatic N) is 1. The predicted octanol–water partition coefficient (Wildman–Crippen LogP) is 2.48. The van der Waals surface area contributed by atoms with E-state index in [-0.39, 0.29) is 11.7 Å². The van der Waals surface area contributed by atoms with Crippen LogP contribution in [-0.4, -0.2) is 46.3 Å². The number of carbonyl (C=O) groups is 1. The van der Waals surface area contributed by atoms with Crippen LogP contribution in [0.4, 0.5) is 0 Å². The summed E-state index contributed by atoms with van der Waals surface area (Å²) >= 11 is 0. The maximum absolute atomic E-state index is 12.9. The largest absolute Gasteiger partial charge is 0.394 e. The molecule has 4 heterocycles. The van der Waals surface area contributed by atoms with E-state index in [2.05, 4.69) is 28.1 Å². The van der Waals surface area contributed by atoms with Crippen molar-refractivity contribution in [2.75, 3.05) is 13.1 Å². The Hall–Kier alpha value is -2.00. The van der Waals surface area contributed by atoms with E-state index < -0.39 is 10.4 Å². The van der Waals surface area contributed by atoms with E-state index in [0.29, 0.717) is 0 Å². The Morgan fingerprint density at radius 1 is 1.24 bits per heavy atom. The second kappa shape index (κ2) is 6.72. The molecule has 0 aliphatic carbocycles. The summed E-state index contributed by atoms with van der Waals surface area (Å²) in [4.78, 5) is 18.7. The van der Waals surface area contributed by atoms with Crippen LogP contribution < -0.4 is 0 Å². The highest BCUT2D eigenvalue weighted by molar-refractivity contribution is 7.79. The molecule has 3 aliphatic rings. The first kappa shape index (κ1) is 17.8. The Balaban J connectivity index is 0.000000324. The maximum atomic E-state index is 12.9. The van der Waals surface area contributed by atoms with Gasteiger partial charge in [-0.25, -0.2) is 0 Å². The number of H-pyrrole nitrogens is 1. The number of hydrogen-bond donors (Lipinski definition) is 3. The zero-order valence-corrected chi connectivity index (χ0v) is 14.6. The zero-order chi connectivity index (χ0) is 18.2. The number of piperidine rings is 1. The van der Waals surface area contributed by atoms with Crippen LogP contribution >= 0.6 is 0 Å². The van der Waals surface area contributed by atoms with Crippen molar-refractivity contribution in [3.63, 3.8) is 0 Å². The topological polar surface area (TPSA) is 111 Å². The third-order valence-electron chi connectivity index (χ3n) is 4.72. The van der Waals surface area contributed by atoms with Crippen molar-refractivity contribution in [3.8, 4) is 0 Å². The first-order valence-corrected chi connectivity index (χ1v) is 9.38. The molecule has 134 valence electrons. The van der Waals surface area contributed by atoms with Crippen LogP contribution in [0.2, 0.25) is 0 Å². The monoisotopic (exact) mass is 364 g/mol. The van der Waals surface area contributed by atoms with E-state index >= 15 is 0 Å². The molecule has 1 aromatic heterocycles. The van der Waals surface area contributed by atoms with Crippen LogP contribution in [0.15, 0.2) is 35.9 Å².